The minimum Gasteiger partial charge on any atom is -0.431 e. The highest BCUT2D eigenvalue weighted by Crippen LogP contribution is 2.27. The molecule has 0 atom stereocenters. The number of rotatable bonds is 3. The number of benzene rings is 2. The number of fused-ring (bicyclic) bond motifs is 1. The van der Waals surface area contributed by atoms with Crippen LogP contribution in [0.5, 0.6) is 0 Å². The Labute approximate surface area is 122 Å². The highest BCUT2D eigenvalue weighted by molar-refractivity contribution is 7.98. The van der Waals surface area contributed by atoms with E-state index in [-0.39, 0.29) is 0 Å². The molecule has 4 heteroatoms. The molecule has 0 saturated heterocycles. The van der Waals surface area contributed by atoms with E-state index in [1.54, 1.807) is 11.8 Å². The number of oxazole rings is 1. The summed E-state index contributed by atoms with van der Waals surface area (Å²) >= 11 is 1.60. The number of aromatic nitrogens is 1. The van der Waals surface area contributed by atoms with Crippen molar-refractivity contribution in [2.24, 2.45) is 0 Å². The van der Waals surface area contributed by atoms with E-state index in [0.717, 1.165) is 16.9 Å². The van der Waals surface area contributed by atoms with Gasteiger partial charge in [0.05, 0.1) is 0 Å². The van der Waals surface area contributed by atoms with Gasteiger partial charge in [0.1, 0.15) is 5.52 Å². The Hall–Kier alpha value is -1.94. The molecule has 0 unspecified atom stereocenters. The molecule has 0 spiro atoms. The lowest BCUT2D eigenvalue weighted by Gasteiger charge is -2.03. The first-order chi connectivity index (χ1) is 9.61. The van der Waals surface area contributed by atoms with Gasteiger partial charge < -0.3 is 10.2 Å². The first kappa shape index (κ1) is 13.1. The normalized spacial score (nSPS) is 11.1. The Balaban J connectivity index is 1.77. The molecule has 0 aliphatic heterocycles. The summed E-state index contributed by atoms with van der Waals surface area (Å²) in [7, 11) is 0. The van der Waals surface area contributed by atoms with E-state index in [9.17, 15) is 0 Å². The van der Waals surface area contributed by atoms with Gasteiger partial charge in [0, 0.05) is 17.5 Å². The van der Waals surface area contributed by atoms with E-state index < -0.39 is 0 Å². The zero-order valence-electron chi connectivity index (χ0n) is 11.5. The quantitative estimate of drug-likeness (QED) is 0.575. The summed E-state index contributed by atoms with van der Waals surface area (Å²) in [5.41, 5.74) is 11.9. The predicted molar refractivity (Wildman–Crippen MR) is 83.9 cm³/mol. The minimum atomic E-state index is 0.684. The molecule has 0 bridgehead atoms. The van der Waals surface area contributed by atoms with Crippen LogP contribution in [0.3, 0.4) is 0 Å². The molecule has 20 heavy (non-hydrogen) atoms. The Morgan fingerprint density at radius 3 is 2.75 bits per heavy atom. The largest absolute Gasteiger partial charge is 0.431 e. The van der Waals surface area contributed by atoms with Crippen molar-refractivity contribution in [3.05, 3.63) is 53.1 Å². The van der Waals surface area contributed by atoms with Crippen LogP contribution in [0.25, 0.3) is 11.1 Å². The second-order valence-corrected chi connectivity index (χ2v) is 5.84. The lowest BCUT2D eigenvalue weighted by Crippen LogP contribution is -1.85. The van der Waals surface area contributed by atoms with Crippen LogP contribution in [0.15, 0.2) is 46.0 Å². The molecule has 0 fully saturated rings. The van der Waals surface area contributed by atoms with Crippen LogP contribution in [-0.4, -0.2) is 4.98 Å². The lowest BCUT2D eigenvalue weighted by atomic mass is 10.1. The maximum Gasteiger partial charge on any atom is 0.257 e. The Bertz CT molecular complexity index is 764. The van der Waals surface area contributed by atoms with Crippen molar-refractivity contribution >= 4 is 28.5 Å². The molecule has 0 radical (unpaired) electrons. The minimum absolute atomic E-state index is 0.684. The molecule has 2 aromatic carbocycles. The number of nitrogen functional groups attached to an aromatic ring is 1. The Morgan fingerprint density at radius 1 is 1.10 bits per heavy atom. The average Bonchev–Trinajstić information content (AvgIpc) is 2.82. The molecule has 1 aromatic heterocycles. The molecular formula is C16H16N2OS. The van der Waals surface area contributed by atoms with Crippen LogP contribution in [0.1, 0.15) is 16.7 Å². The van der Waals surface area contributed by atoms with Gasteiger partial charge in [0.2, 0.25) is 0 Å². The van der Waals surface area contributed by atoms with E-state index in [4.69, 9.17) is 10.2 Å². The van der Waals surface area contributed by atoms with Crippen molar-refractivity contribution in [1.82, 2.24) is 4.98 Å². The third-order valence-electron chi connectivity index (χ3n) is 3.33. The third kappa shape index (κ3) is 2.65. The zero-order chi connectivity index (χ0) is 14.1. The fourth-order valence-corrected chi connectivity index (χ4v) is 2.80. The standard InChI is InChI=1S/C16H16N2OS/c1-10-3-4-12(7-11(10)2)9-20-16-18-14-6-5-13(17)8-15(14)19-16/h3-8H,9,17H2,1-2H3. The summed E-state index contributed by atoms with van der Waals surface area (Å²) in [5, 5.41) is 0.684. The Morgan fingerprint density at radius 2 is 1.95 bits per heavy atom. The van der Waals surface area contributed by atoms with Crippen LogP contribution < -0.4 is 5.73 Å². The van der Waals surface area contributed by atoms with Crippen molar-refractivity contribution < 1.29 is 4.42 Å². The molecule has 3 aromatic rings. The van der Waals surface area contributed by atoms with Crippen LogP contribution in [0.2, 0.25) is 0 Å². The van der Waals surface area contributed by atoms with E-state index in [2.05, 4.69) is 37.0 Å². The van der Waals surface area contributed by atoms with Gasteiger partial charge in [-0.1, -0.05) is 30.0 Å². The maximum atomic E-state index is 5.73. The molecule has 3 nitrogen and oxygen atoms in total. The number of thioether (sulfide) groups is 1. The maximum absolute atomic E-state index is 5.73. The van der Waals surface area contributed by atoms with E-state index in [0.29, 0.717) is 10.9 Å². The third-order valence-corrected chi connectivity index (χ3v) is 4.23. The topological polar surface area (TPSA) is 52.0 Å². The molecular weight excluding hydrogens is 268 g/mol. The zero-order valence-corrected chi connectivity index (χ0v) is 12.3. The molecule has 102 valence electrons. The van der Waals surface area contributed by atoms with Gasteiger partial charge in [0.15, 0.2) is 5.58 Å². The number of nitrogens with zero attached hydrogens (tertiary/aromatic N) is 1. The number of aryl methyl sites for hydroxylation is 2. The summed E-state index contributed by atoms with van der Waals surface area (Å²) in [6.07, 6.45) is 0. The van der Waals surface area contributed by atoms with Gasteiger partial charge in [-0.2, -0.15) is 0 Å². The number of hydrogen-bond acceptors (Lipinski definition) is 4. The first-order valence-corrected chi connectivity index (χ1v) is 7.45. The molecule has 0 aliphatic carbocycles. The van der Waals surface area contributed by atoms with E-state index in [1.165, 1.54) is 16.7 Å². The predicted octanol–water partition coefficient (Wildman–Crippen LogP) is 4.32. The van der Waals surface area contributed by atoms with Crippen molar-refractivity contribution in [2.45, 2.75) is 24.8 Å². The molecule has 1 heterocycles. The molecule has 0 amide bonds. The number of anilines is 1. The number of nitrogens with two attached hydrogens (primary N) is 1. The highest BCUT2D eigenvalue weighted by Gasteiger charge is 2.07. The lowest BCUT2D eigenvalue weighted by molar-refractivity contribution is 0.489. The molecule has 0 saturated carbocycles. The first-order valence-electron chi connectivity index (χ1n) is 6.47. The summed E-state index contributed by atoms with van der Waals surface area (Å²) in [6, 6.07) is 12.0. The second kappa shape index (κ2) is 5.21. The Kier molecular flexibility index (Phi) is 3.40. The molecule has 0 aliphatic rings. The van der Waals surface area contributed by atoms with Crippen molar-refractivity contribution in [2.75, 3.05) is 5.73 Å². The average molecular weight is 284 g/mol. The van der Waals surface area contributed by atoms with Crippen molar-refractivity contribution in [1.29, 1.82) is 0 Å². The van der Waals surface area contributed by atoms with Gasteiger partial charge >= 0.3 is 0 Å². The van der Waals surface area contributed by atoms with Gasteiger partial charge in [-0.05, 0) is 42.7 Å². The summed E-state index contributed by atoms with van der Waals surface area (Å²) in [6.45, 7) is 4.25. The van der Waals surface area contributed by atoms with Gasteiger partial charge in [0.25, 0.3) is 5.22 Å². The second-order valence-electron chi connectivity index (χ2n) is 4.91. The van der Waals surface area contributed by atoms with Gasteiger partial charge in [-0.3, -0.25) is 0 Å². The van der Waals surface area contributed by atoms with E-state index >= 15 is 0 Å². The molecule has 2 N–H and O–H groups in total. The SMILES string of the molecule is Cc1ccc(CSc2nc3ccc(N)cc3o2)cc1C. The highest BCUT2D eigenvalue weighted by atomic mass is 32.2. The van der Waals surface area contributed by atoms with Crippen LogP contribution in [-0.2, 0) is 5.75 Å². The van der Waals surface area contributed by atoms with Crippen LogP contribution >= 0.6 is 11.8 Å². The monoisotopic (exact) mass is 284 g/mol. The van der Waals surface area contributed by atoms with Crippen LogP contribution in [0, 0.1) is 13.8 Å². The summed E-state index contributed by atoms with van der Waals surface area (Å²) < 4.78 is 5.70. The van der Waals surface area contributed by atoms with Crippen LogP contribution in [0.4, 0.5) is 5.69 Å². The number of hydrogen-bond donors (Lipinski definition) is 1. The van der Waals surface area contributed by atoms with Gasteiger partial charge in [-0.15, -0.1) is 0 Å². The smallest absolute Gasteiger partial charge is 0.257 e. The summed E-state index contributed by atoms with van der Waals surface area (Å²) in [4.78, 5) is 4.45. The summed E-state index contributed by atoms with van der Waals surface area (Å²) in [5.74, 6) is 0.851. The fraction of sp³-hybridized carbons (Fsp3) is 0.188. The van der Waals surface area contributed by atoms with Crippen molar-refractivity contribution in [3.8, 4) is 0 Å². The van der Waals surface area contributed by atoms with Gasteiger partial charge in [-0.25, -0.2) is 4.98 Å². The molecule has 3 rings (SSSR count). The van der Waals surface area contributed by atoms with Crippen molar-refractivity contribution in [3.63, 3.8) is 0 Å². The fourth-order valence-electron chi connectivity index (χ4n) is 2.02. The van der Waals surface area contributed by atoms with E-state index in [1.807, 2.05) is 18.2 Å².